The van der Waals surface area contributed by atoms with Gasteiger partial charge in [-0.2, -0.15) is 0 Å². The van der Waals surface area contributed by atoms with Crippen molar-refractivity contribution in [1.29, 1.82) is 0 Å². The van der Waals surface area contributed by atoms with E-state index in [0.717, 1.165) is 57.8 Å². The number of hydrogen-bond donors (Lipinski definition) is 3. The second-order valence-corrected chi connectivity index (χ2v) is 20.8. The minimum atomic E-state index is -0.796. The lowest BCUT2D eigenvalue weighted by molar-refractivity contribution is -0.151. The molecule has 1 amide bonds. The maximum atomic E-state index is 13.3. The molecule has 0 rings (SSSR count). The number of carbonyl (C=O) groups is 2. The molecule has 67 heavy (non-hydrogen) atoms. The number of ether oxygens (including phenoxy) is 1. The van der Waals surface area contributed by atoms with Gasteiger partial charge in [0.25, 0.3) is 0 Å². The number of aliphatic hydroxyl groups excluding tert-OH is 2. The summed E-state index contributed by atoms with van der Waals surface area (Å²) in [7, 11) is 0. The van der Waals surface area contributed by atoms with Crippen LogP contribution in [0.25, 0.3) is 0 Å². The highest BCUT2D eigenvalue weighted by atomic mass is 16.5. The van der Waals surface area contributed by atoms with Gasteiger partial charge in [-0.1, -0.05) is 295 Å². The first-order chi connectivity index (χ1) is 33.0. The molecule has 0 aromatic heterocycles. The number of amides is 1. The summed E-state index contributed by atoms with van der Waals surface area (Å²) in [6.07, 6.45) is 65.4. The van der Waals surface area contributed by atoms with Crippen molar-refractivity contribution in [3.8, 4) is 0 Å². The van der Waals surface area contributed by atoms with Crippen molar-refractivity contribution in [3.05, 3.63) is 24.3 Å². The van der Waals surface area contributed by atoms with Crippen LogP contribution in [0.3, 0.4) is 0 Å². The van der Waals surface area contributed by atoms with Crippen molar-refractivity contribution in [1.82, 2.24) is 5.32 Å². The molecule has 0 spiro atoms. The van der Waals surface area contributed by atoms with E-state index in [1.54, 1.807) is 0 Å². The molecule has 0 saturated carbocycles. The summed E-state index contributed by atoms with van der Waals surface area (Å²) in [5.74, 6) is -0.500. The summed E-state index contributed by atoms with van der Waals surface area (Å²) in [6, 6.07) is -0.712. The number of aliphatic hydroxyl groups is 2. The molecule has 396 valence electrons. The maximum absolute atomic E-state index is 13.3. The van der Waals surface area contributed by atoms with Gasteiger partial charge in [0.15, 0.2) is 0 Å². The van der Waals surface area contributed by atoms with Crippen molar-refractivity contribution in [2.75, 3.05) is 6.61 Å². The predicted octanol–water partition coefficient (Wildman–Crippen LogP) is 18.6. The Morgan fingerprint density at radius 3 is 1.13 bits per heavy atom. The molecule has 0 heterocycles. The zero-order chi connectivity index (χ0) is 48.8. The molecular weight excluding hydrogens is 827 g/mol. The zero-order valence-electron chi connectivity index (χ0n) is 45.3. The normalized spacial score (nSPS) is 13.2. The average Bonchev–Trinajstić information content (AvgIpc) is 3.32. The number of nitrogens with one attached hydrogen (secondary N) is 1. The smallest absolute Gasteiger partial charge is 0.306 e. The van der Waals surface area contributed by atoms with Crippen molar-refractivity contribution in [2.45, 2.75) is 347 Å². The topological polar surface area (TPSA) is 95.9 Å². The Morgan fingerprint density at radius 1 is 0.433 bits per heavy atom. The third-order valence-electron chi connectivity index (χ3n) is 14.1. The number of unbranched alkanes of at least 4 members (excludes halogenated alkanes) is 40. The number of esters is 1. The third-order valence-corrected chi connectivity index (χ3v) is 14.1. The van der Waals surface area contributed by atoms with E-state index < -0.39 is 18.2 Å². The lowest BCUT2D eigenvalue weighted by atomic mass is 10.0. The fourth-order valence-electron chi connectivity index (χ4n) is 9.49. The Bertz CT molecular complexity index is 1060. The van der Waals surface area contributed by atoms with Crippen molar-refractivity contribution in [2.24, 2.45) is 0 Å². The third kappa shape index (κ3) is 50.5. The minimum Gasteiger partial charge on any atom is -0.462 e. The molecule has 0 aromatic carbocycles. The fourth-order valence-corrected chi connectivity index (χ4v) is 9.49. The Hall–Kier alpha value is -1.66. The average molecular weight is 945 g/mol. The van der Waals surface area contributed by atoms with Crippen LogP contribution in [0.4, 0.5) is 0 Å². The van der Waals surface area contributed by atoms with Gasteiger partial charge in [-0.3, -0.25) is 9.59 Å². The molecular formula is C61H117NO5. The van der Waals surface area contributed by atoms with Crippen LogP contribution < -0.4 is 5.32 Å². The molecule has 0 radical (unpaired) electrons. The predicted molar refractivity (Wildman–Crippen MR) is 292 cm³/mol. The molecule has 0 bridgehead atoms. The van der Waals surface area contributed by atoms with Crippen LogP contribution in [0.2, 0.25) is 0 Å². The molecule has 3 atom stereocenters. The lowest BCUT2D eigenvalue weighted by Gasteiger charge is -2.24. The summed E-state index contributed by atoms with van der Waals surface area (Å²) in [4.78, 5) is 26.3. The summed E-state index contributed by atoms with van der Waals surface area (Å²) in [5.41, 5.74) is 0. The van der Waals surface area contributed by atoms with Crippen LogP contribution in [-0.4, -0.2) is 46.9 Å². The van der Waals surface area contributed by atoms with Gasteiger partial charge in [0.1, 0.15) is 6.10 Å². The molecule has 0 aliphatic heterocycles. The van der Waals surface area contributed by atoms with Crippen LogP contribution >= 0.6 is 0 Å². The number of carbonyl (C=O) groups excluding carboxylic acids is 2. The van der Waals surface area contributed by atoms with Gasteiger partial charge >= 0.3 is 5.97 Å². The van der Waals surface area contributed by atoms with Gasteiger partial charge in [-0.25, -0.2) is 0 Å². The fraction of sp³-hybridized carbons (Fsp3) is 0.902. The van der Waals surface area contributed by atoms with E-state index in [2.05, 4.69) is 50.4 Å². The van der Waals surface area contributed by atoms with E-state index in [-0.39, 0.29) is 24.9 Å². The highest BCUT2D eigenvalue weighted by Crippen LogP contribution is 2.19. The molecule has 0 aromatic rings. The molecule has 0 saturated heterocycles. The maximum Gasteiger partial charge on any atom is 0.306 e. The van der Waals surface area contributed by atoms with Gasteiger partial charge in [-0.15, -0.1) is 0 Å². The van der Waals surface area contributed by atoms with E-state index in [0.29, 0.717) is 19.3 Å². The number of rotatable bonds is 55. The van der Waals surface area contributed by atoms with E-state index >= 15 is 0 Å². The van der Waals surface area contributed by atoms with Crippen molar-refractivity contribution < 1.29 is 24.5 Å². The molecule has 0 aliphatic carbocycles. The van der Waals surface area contributed by atoms with Gasteiger partial charge in [0.2, 0.25) is 5.91 Å². The van der Waals surface area contributed by atoms with E-state index in [9.17, 15) is 19.8 Å². The van der Waals surface area contributed by atoms with Gasteiger partial charge in [0, 0.05) is 6.42 Å². The second-order valence-electron chi connectivity index (χ2n) is 20.8. The summed E-state index contributed by atoms with van der Waals surface area (Å²) < 4.78 is 5.94. The van der Waals surface area contributed by atoms with Gasteiger partial charge in [0.05, 0.1) is 25.2 Å². The molecule has 3 N–H and O–H groups in total. The largest absolute Gasteiger partial charge is 0.462 e. The first kappa shape index (κ1) is 65.3. The highest BCUT2D eigenvalue weighted by Gasteiger charge is 2.24. The van der Waals surface area contributed by atoms with E-state index in [1.807, 2.05) is 0 Å². The van der Waals surface area contributed by atoms with Crippen LogP contribution in [0.1, 0.15) is 329 Å². The zero-order valence-corrected chi connectivity index (χ0v) is 45.3. The molecule has 3 unspecified atom stereocenters. The number of hydrogen-bond acceptors (Lipinski definition) is 5. The minimum absolute atomic E-state index is 0.0508. The van der Waals surface area contributed by atoms with Crippen LogP contribution in [0.5, 0.6) is 0 Å². The van der Waals surface area contributed by atoms with Crippen LogP contribution in [-0.2, 0) is 14.3 Å². The summed E-state index contributed by atoms with van der Waals surface area (Å²) >= 11 is 0. The lowest BCUT2D eigenvalue weighted by Crippen LogP contribution is -2.46. The van der Waals surface area contributed by atoms with Crippen LogP contribution in [0.15, 0.2) is 24.3 Å². The second kappa shape index (κ2) is 55.3. The van der Waals surface area contributed by atoms with Gasteiger partial charge in [-0.05, 0) is 44.9 Å². The quantitative estimate of drug-likeness (QED) is 0.0321. The van der Waals surface area contributed by atoms with Gasteiger partial charge < -0.3 is 20.3 Å². The SMILES string of the molecule is CCCCCCCCC/C=C/C=C/CCCC(CC(=O)NC(CO)C(O)CCCCCCCCCCCCCCCCCC)OC(=O)CCCCCCCCCCCCCCCCCCCC. The van der Waals surface area contributed by atoms with Crippen LogP contribution in [0, 0.1) is 0 Å². The molecule has 6 nitrogen and oxygen atoms in total. The molecule has 0 aliphatic rings. The Kier molecular flexibility index (Phi) is 53.9. The Balaban J connectivity index is 4.52. The Morgan fingerprint density at radius 2 is 0.761 bits per heavy atom. The Labute approximate surface area is 418 Å². The summed E-state index contributed by atoms with van der Waals surface area (Å²) in [5, 5.41) is 23.9. The molecule has 0 fully saturated rings. The van der Waals surface area contributed by atoms with E-state index in [1.165, 1.54) is 225 Å². The summed E-state index contributed by atoms with van der Waals surface area (Å²) in [6.45, 7) is 6.51. The van der Waals surface area contributed by atoms with Crippen molar-refractivity contribution in [3.63, 3.8) is 0 Å². The van der Waals surface area contributed by atoms with E-state index in [4.69, 9.17) is 4.74 Å². The number of allylic oxidation sites excluding steroid dienone is 4. The van der Waals surface area contributed by atoms with Crippen molar-refractivity contribution >= 4 is 11.9 Å². The first-order valence-corrected chi connectivity index (χ1v) is 30.1. The highest BCUT2D eigenvalue weighted by molar-refractivity contribution is 5.77. The first-order valence-electron chi connectivity index (χ1n) is 30.1. The monoisotopic (exact) mass is 944 g/mol. The molecule has 6 heteroatoms. The standard InChI is InChI=1S/C61H117NO5/c1-4-7-10-13-16-19-22-25-28-30-31-33-36-39-42-45-48-51-54-61(66)67-57(52-49-46-43-40-37-34-27-24-21-18-15-12-9-6-3)55-60(65)62-58(56-63)59(64)53-50-47-44-41-38-35-32-29-26-23-20-17-14-11-8-5-2/h34,37,40,43,57-59,63-64H,4-33,35-36,38-39,41-42,44-56H2,1-3H3,(H,62,65)/b37-34+,43-40+.